The van der Waals surface area contributed by atoms with Gasteiger partial charge < -0.3 is 0 Å². The molecule has 0 saturated heterocycles. The minimum absolute atomic E-state index is 0.629. The van der Waals surface area contributed by atoms with Gasteiger partial charge in [-0.2, -0.15) is 0 Å². The van der Waals surface area contributed by atoms with Gasteiger partial charge >= 0.3 is 0 Å². The van der Waals surface area contributed by atoms with Crippen molar-refractivity contribution in [1.29, 1.82) is 0 Å². The zero-order valence-electron chi connectivity index (χ0n) is 9.21. The number of halogens is 1. The molecule has 0 N–H and O–H groups in total. The smallest absolute Gasteiger partial charge is 0.0474 e. The topological polar surface area (TPSA) is 0 Å². The monoisotopic (exact) mass is 222 g/mol. The molecular weight excluding hydrogens is 204 g/mol. The van der Waals surface area contributed by atoms with E-state index in [2.05, 4.69) is 24.3 Å². The number of hydrogen-bond donors (Lipinski definition) is 0. The lowest BCUT2D eigenvalue weighted by Crippen LogP contribution is -2.09. The van der Waals surface area contributed by atoms with Gasteiger partial charge in [-0.25, -0.2) is 0 Å². The maximum atomic E-state index is 5.77. The summed E-state index contributed by atoms with van der Waals surface area (Å²) in [6.07, 6.45) is 8.44. The summed E-state index contributed by atoms with van der Waals surface area (Å²) in [5.74, 6) is 1.56. The summed E-state index contributed by atoms with van der Waals surface area (Å²) in [4.78, 5) is 0. The molecule has 0 spiro atoms. The molecule has 2 rings (SSSR count). The Balaban J connectivity index is 1.91. The van der Waals surface area contributed by atoms with Crippen molar-refractivity contribution in [1.82, 2.24) is 0 Å². The molecule has 1 aliphatic carbocycles. The normalized spacial score (nSPS) is 17.9. The van der Waals surface area contributed by atoms with E-state index in [1.165, 1.54) is 49.7 Å². The summed E-state index contributed by atoms with van der Waals surface area (Å²) in [7, 11) is 0. The highest BCUT2D eigenvalue weighted by Crippen LogP contribution is 2.26. The number of rotatable bonds is 3. The van der Waals surface area contributed by atoms with Gasteiger partial charge in [0.05, 0.1) is 0 Å². The average Bonchev–Trinajstić information content (AvgIpc) is 2.31. The summed E-state index contributed by atoms with van der Waals surface area (Å²) >= 11 is 5.77. The maximum absolute atomic E-state index is 5.77. The highest BCUT2D eigenvalue weighted by Gasteiger charge is 2.13. The molecule has 1 aromatic carbocycles. The molecule has 82 valence electrons. The van der Waals surface area contributed by atoms with Gasteiger partial charge in [-0.05, 0) is 23.5 Å². The standard InChI is InChI=1S/C14H19Cl/c15-11-14-8-6-13(7-9-14)10-12-4-2-1-3-5-12/h6-9,12H,1-5,10-11H2. The van der Waals surface area contributed by atoms with E-state index in [-0.39, 0.29) is 0 Å². The van der Waals surface area contributed by atoms with Crippen LogP contribution in [0.15, 0.2) is 24.3 Å². The van der Waals surface area contributed by atoms with Gasteiger partial charge in [-0.15, -0.1) is 11.6 Å². The average molecular weight is 223 g/mol. The Labute approximate surface area is 97.6 Å². The van der Waals surface area contributed by atoms with E-state index in [0.29, 0.717) is 5.88 Å². The molecule has 0 aliphatic heterocycles. The fourth-order valence-corrected chi connectivity index (χ4v) is 2.67. The highest BCUT2D eigenvalue weighted by molar-refractivity contribution is 6.17. The van der Waals surface area contributed by atoms with Crippen molar-refractivity contribution in [2.45, 2.75) is 44.4 Å². The first-order valence-corrected chi connectivity index (χ1v) is 6.56. The summed E-state index contributed by atoms with van der Waals surface area (Å²) in [5, 5.41) is 0. The van der Waals surface area contributed by atoms with E-state index in [1.54, 1.807) is 0 Å². The van der Waals surface area contributed by atoms with Crippen molar-refractivity contribution in [3.63, 3.8) is 0 Å². The van der Waals surface area contributed by atoms with Crippen LogP contribution in [0.2, 0.25) is 0 Å². The Hall–Kier alpha value is -0.490. The van der Waals surface area contributed by atoms with Crippen LogP contribution in [0.5, 0.6) is 0 Å². The van der Waals surface area contributed by atoms with E-state index >= 15 is 0 Å². The van der Waals surface area contributed by atoms with Crippen LogP contribution in [0.3, 0.4) is 0 Å². The van der Waals surface area contributed by atoms with Crippen molar-refractivity contribution in [3.05, 3.63) is 35.4 Å². The SMILES string of the molecule is ClCc1ccc(CC2CCCCC2)cc1. The third kappa shape index (κ3) is 3.24. The van der Waals surface area contributed by atoms with Gasteiger partial charge in [0.1, 0.15) is 0 Å². The molecule has 1 aromatic rings. The van der Waals surface area contributed by atoms with Crippen LogP contribution in [0, 0.1) is 5.92 Å². The van der Waals surface area contributed by atoms with Crippen molar-refractivity contribution in [2.24, 2.45) is 5.92 Å². The summed E-state index contributed by atoms with van der Waals surface area (Å²) < 4.78 is 0. The van der Waals surface area contributed by atoms with Gasteiger partial charge in [0.2, 0.25) is 0 Å². The van der Waals surface area contributed by atoms with Crippen LogP contribution in [0.25, 0.3) is 0 Å². The molecule has 15 heavy (non-hydrogen) atoms. The molecule has 0 atom stereocenters. The predicted octanol–water partition coefficient (Wildman–Crippen LogP) is 4.55. The third-order valence-electron chi connectivity index (χ3n) is 3.43. The molecule has 0 radical (unpaired) electrons. The van der Waals surface area contributed by atoms with Crippen LogP contribution in [-0.2, 0) is 12.3 Å². The Morgan fingerprint density at radius 2 is 1.53 bits per heavy atom. The Morgan fingerprint density at radius 1 is 0.933 bits per heavy atom. The van der Waals surface area contributed by atoms with Gasteiger partial charge in [-0.3, -0.25) is 0 Å². The molecule has 0 aromatic heterocycles. The van der Waals surface area contributed by atoms with Gasteiger partial charge in [0.15, 0.2) is 0 Å². The summed E-state index contributed by atoms with van der Waals surface area (Å²) in [5.41, 5.74) is 2.71. The summed E-state index contributed by atoms with van der Waals surface area (Å²) in [6, 6.07) is 8.80. The molecule has 1 heteroatoms. The minimum Gasteiger partial charge on any atom is -0.122 e. The lowest BCUT2D eigenvalue weighted by Gasteiger charge is -2.21. The van der Waals surface area contributed by atoms with E-state index in [9.17, 15) is 0 Å². The molecular formula is C14H19Cl. The molecule has 0 unspecified atom stereocenters. The number of hydrogen-bond acceptors (Lipinski definition) is 0. The zero-order valence-corrected chi connectivity index (χ0v) is 9.97. The molecule has 0 heterocycles. The fraction of sp³-hybridized carbons (Fsp3) is 0.571. The van der Waals surface area contributed by atoms with Gasteiger partial charge in [0, 0.05) is 5.88 Å². The van der Waals surface area contributed by atoms with E-state index < -0.39 is 0 Å². The minimum atomic E-state index is 0.629. The molecule has 1 fully saturated rings. The van der Waals surface area contributed by atoms with E-state index in [1.807, 2.05) is 0 Å². The second-order valence-electron chi connectivity index (χ2n) is 4.66. The van der Waals surface area contributed by atoms with E-state index in [4.69, 9.17) is 11.6 Å². The quantitative estimate of drug-likeness (QED) is 0.659. The number of alkyl halides is 1. The molecule has 1 saturated carbocycles. The van der Waals surface area contributed by atoms with Crippen LogP contribution in [0.1, 0.15) is 43.2 Å². The van der Waals surface area contributed by atoms with Crippen molar-refractivity contribution in [3.8, 4) is 0 Å². The Bertz CT molecular complexity index is 283. The largest absolute Gasteiger partial charge is 0.122 e. The second-order valence-corrected chi connectivity index (χ2v) is 4.93. The van der Waals surface area contributed by atoms with Gasteiger partial charge in [0.25, 0.3) is 0 Å². The zero-order chi connectivity index (χ0) is 10.5. The van der Waals surface area contributed by atoms with E-state index in [0.717, 1.165) is 5.92 Å². The lowest BCUT2D eigenvalue weighted by molar-refractivity contribution is 0.356. The highest BCUT2D eigenvalue weighted by atomic mass is 35.5. The van der Waals surface area contributed by atoms with Crippen LogP contribution in [0.4, 0.5) is 0 Å². The van der Waals surface area contributed by atoms with Gasteiger partial charge in [-0.1, -0.05) is 56.4 Å². The molecule has 0 amide bonds. The Kier molecular flexibility index (Phi) is 4.08. The fourth-order valence-electron chi connectivity index (χ4n) is 2.49. The first kappa shape index (κ1) is 11.0. The third-order valence-corrected chi connectivity index (χ3v) is 3.74. The number of benzene rings is 1. The van der Waals surface area contributed by atoms with Crippen LogP contribution in [-0.4, -0.2) is 0 Å². The maximum Gasteiger partial charge on any atom is 0.0474 e. The first-order chi connectivity index (χ1) is 7.38. The lowest BCUT2D eigenvalue weighted by atomic mass is 9.85. The molecule has 0 bridgehead atoms. The second kappa shape index (κ2) is 5.55. The Morgan fingerprint density at radius 3 is 2.13 bits per heavy atom. The van der Waals surface area contributed by atoms with Crippen molar-refractivity contribution >= 4 is 11.6 Å². The van der Waals surface area contributed by atoms with Crippen LogP contribution >= 0.6 is 11.6 Å². The predicted molar refractivity (Wildman–Crippen MR) is 66.3 cm³/mol. The van der Waals surface area contributed by atoms with Crippen LogP contribution < -0.4 is 0 Å². The van der Waals surface area contributed by atoms with Crippen molar-refractivity contribution in [2.75, 3.05) is 0 Å². The first-order valence-electron chi connectivity index (χ1n) is 6.02. The molecule has 1 aliphatic rings. The summed E-state index contributed by atoms with van der Waals surface area (Å²) in [6.45, 7) is 0. The van der Waals surface area contributed by atoms with Crippen molar-refractivity contribution < 1.29 is 0 Å². The molecule has 0 nitrogen and oxygen atoms in total.